The van der Waals surface area contributed by atoms with E-state index in [0.29, 0.717) is 17.9 Å². The molecule has 3 rings (SSSR count). The van der Waals surface area contributed by atoms with Crippen molar-refractivity contribution in [1.29, 1.82) is 0 Å². The molecule has 2 aromatic heterocycles. The number of amides is 1. The molecule has 0 atom stereocenters. The van der Waals surface area contributed by atoms with Crippen molar-refractivity contribution in [3.05, 3.63) is 59.7 Å². The first-order valence-corrected chi connectivity index (χ1v) is 7.21. The molecule has 3 aromatic rings. The summed E-state index contributed by atoms with van der Waals surface area (Å²) in [5, 5.41) is 6.99. The maximum Gasteiger partial charge on any atom is 0.252 e. The van der Waals surface area contributed by atoms with Gasteiger partial charge in [0.25, 0.3) is 11.7 Å². The zero-order valence-corrected chi connectivity index (χ0v) is 12.4. The SMILES string of the molecule is Cc1cccc(C(=O)NCCCc2cnc3ncnn3c2)c1. The van der Waals surface area contributed by atoms with Gasteiger partial charge in [-0.05, 0) is 37.5 Å². The lowest BCUT2D eigenvalue weighted by atomic mass is 10.1. The highest BCUT2D eigenvalue weighted by molar-refractivity contribution is 5.94. The first-order chi connectivity index (χ1) is 10.7. The van der Waals surface area contributed by atoms with E-state index in [-0.39, 0.29) is 5.91 Å². The number of nitrogens with one attached hydrogen (secondary N) is 1. The minimum absolute atomic E-state index is 0.0337. The molecule has 6 heteroatoms. The standard InChI is InChI=1S/C16H17N5O/c1-12-4-2-6-14(8-12)15(22)17-7-3-5-13-9-18-16-19-11-20-21(16)10-13/h2,4,6,8-11H,3,5,7H2,1H3,(H,17,22). The molecule has 1 aromatic carbocycles. The monoisotopic (exact) mass is 295 g/mol. The molecule has 6 nitrogen and oxygen atoms in total. The smallest absolute Gasteiger partial charge is 0.252 e. The molecule has 0 bridgehead atoms. The van der Waals surface area contributed by atoms with Gasteiger partial charge in [-0.1, -0.05) is 17.7 Å². The van der Waals surface area contributed by atoms with E-state index < -0.39 is 0 Å². The van der Waals surface area contributed by atoms with E-state index in [1.807, 2.05) is 37.4 Å². The zero-order chi connectivity index (χ0) is 15.4. The number of aromatic nitrogens is 4. The molecule has 0 unspecified atom stereocenters. The number of hydrogen-bond acceptors (Lipinski definition) is 4. The summed E-state index contributed by atoms with van der Waals surface area (Å²) >= 11 is 0. The van der Waals surface area contributed by atoms with E-state index in [4.69, 9.17) is 0 Å². The Hall–Kier alpha value is -2.76. The van der Waals surface area contributed by atoms with Crippen molar-refractivity contribution in [2.24, 2.45) is 0 Å². The number of carbonyl (C=O) groups is 1. The van der Waals surface area contributed by atoms with E-state index in [1.165, 1.54) is 6.33 Å². The third kappa shape index (κ3) is 3.28. The van der Waals surface area contributed by atoms with Crippen molar-refractivity contribution in [2.75, 3.05) is 6.54 Å². The predicted octanol–water partition coefficient (Wildman–Crippen LogP) is 1.80. The van der Waals surface area contributed by atoms with E-state index in [9.17, 15) is 4.79 Å². The molecule has 1 amide bonds. The van der Waals surface area contributed by atoms with Crippen LogP contribution in [0.15, 0.2) is 43.0 Å². The van der Waals surface area contributed by atoms with Gasteiger partial charge in [-0.25, -0.2) is 9.50 Å². The molecule has 0 saturated heterocycles. The second kappa shape index (κ2) is 6.34. The van der Waals surface area contributed by atoms with E-state index in [0.717, 1.165) is 24.0 Å². The van der Waals surface area contributed by atoms with E-state index in [2.05, 4.69) is 20.4 Å². The highest BCUT2D eigenvalue weighted by Gasteiger charge is 2.05. The summed E-state index contributed by atoms with van der Waals surface area (Å²) in [7, 11) is 0. The molecule has 0 radical (unpaired) electrons. The highest BCUT2D eigenvalue weighted by atomic mass is 16.1. The summed E-state index contributed by atoms with van der Waals surface area (Å²) in [5.74, 6) is 0.560. The van der Waals surface area contributed by atoms with Gasteiger partial charge in [-0.2, -0.15) is 10.1 Å². The van der Waals surface area contributed by atoms with Crippen molar-refractivity contribution in [3.8, 4) is 0 Å². The van der Waals surface area contributed by atoms with Crippen LogP contribution in [-0.4, -0.2) is 32.0 Å². The van der Waals surface area contributed by atoms with Crippen LogP contribution in [0.25, 0.3) is 5.78 Å². The van der Waals surface area contributed by atoms with Crippen LogP contribution in [0.1, 0.15) is 27.9 Å². The van der Waals surface area contributed by atoms with Crippen molar-refractivity contribution in [3.63, 3.8) is 0 Å². The van der Waals surface area contributed by atoms with Crippen molar-refractivity contribution in [2.45, 2.75) is 19.8 Å². The fraction of sp³-hybridized carbons (Fsp3) is 0.250. The molecular weight excluding hydrogens is 278 g/mol. The summed E-state index contributed by atoms with van der Waals surface area (Å²) in [6, 6.07) is 7.58. The molecular formula is C16H17N5O. The molecule has 0 spiro atoms. The van der Waals surface area contributed by atoms with E-state index >= 15 is 0 Å². The van der Waals surface area contributed by atoms with Gasteiger partial charge in [0.2, 0.25) is 0 Å². The first-order valence-electron chi connectivity index (χ1n) is 7.21. The normalized spacial score (nSPS) is 10.8. The van der Waals surface area contributed by atoms with Gasteiger partial charge in [-0.3, -0.25) is 4.79 Å². The lowest BCUT2D eigenvalue weighted by molar-refractivity contribution is 0.0953. The van der Waals surface area contributed by atoms with Gasteiger partial charge in [0.05, 0.1) is 0 Å². The van der Waals surface area contributed by atoms with Crippen LogP contribution in [0.3, 0.4) is 0 Å². The Morgan fingerprint density at radius 1 is 1.32 bits per heavy atom. The fourth-order valence-corrected chi connectivity index (χ4v) is 2.27. The Bertz CT molecular complexity index is 796. The quantitative estimate of drug-likeness (QED) is 0.728. The van der Waals surface area contributed by atoms with Gasteiger partial charge in [-0.15, -0.1) is 0 Å². The van der Waals surface area contributed by atoms with Gasteiger partial charge in [0, 0.05) is 24.5 Å². The van der Waals surface area contributed by atoms with E-state index in [1.54, 1.807) is 10.7 Å². The summed E-state index contributed by atoms with van der Waals surface area (Å²) in [6.45, 7) is 2.60. The Balaban J connectivity index is 1.49. The minimum Gasteiger partial charge on any atom is -0.352 e. The number of benzene rings is 1. The number of hydrogen-bond donors (Lipinski definition) is 1. The lowest BCUT2D eigenvalue weighted by Gasteiger charge is -2.06. The van der Waals surface area contributed by atoms with Crippen LogP contribution in [-0.2, 0) is 6.42 Å². The molecule has 1 N–H and O–H groups in total. The molecule has 2 heterocycles. The summed E-state index contributed by atoms with van der Waals surface area (Å²) < 4.78 is 1.65. The predicted molar refractivity (Wildman–Crippen MR) is 82.6 cm³/mol. The number of carbonyl (C=O) groups excluding carboxylic acids is 1. The first kappa shape index (κ1) is 14.2. The fourth-order valence-electron chi connectivity index (χ4n) is 2.27. The minimum atomic E-state index is -0.0337. The Kier molecular flexibility index (Phi) is 4.09. The Labute approximate surface area is 128 Å². The van der Waals surface area contributed by atoms with Crippen LogP contribution in [0.2, 0.25) is 0 Å². The third-order valence-electron chi connectivity index (χ3n) is 3.40. The molecule has 0 aliphatic rings. The maximum atomic E-state index is 12.0. The number of rotatable bonds is 5. The van der Waals surface area contributed by atoms with Crippen LogP contribution in [0.4, 0.5) is 0 Å². The lowest BCUT2D eigenvalue weighted by Crippen LogP contribution is -2.24. The number of fused-ring (bicyclic) bond motifs is 1. The van der Waals surface area contributed by atoms with Gasteiger partial charge in [0.15, 0.2) is 0 Å². The molecule has 0 fully saturated rings. The summed E-state index contributed by atoms with van der Waals surface area (Å²) in [4.78, 5) is 20.2. The van der Waals surface area contributed by atoms with Crippen molar-refractivity contribution < 1.29 is 4.79 Å². The summed E-state index contributed by atoms with van der Waals surface area (Å²) in [5.41, 5.74) is 2.85. The Morgan fingerprint density at radius 2 is 2.23 bits per heavy atom. The van der Waals surface area contributed by atoms with Gasteiger partial charge in [0.1, 0.15) is 6.33 Å². The molecule has 112 valence electrons. The van der Waals surface area contributed by atoms with Crippen LogP contribution in [0, 0.1) is 6.92 Å². The van der Waals surface area contributed by atoms with Crippen molar-refractivity contribution in [1.82, 2.24) is 24.9 Å². The highest BCUT2D eigenvalue weighted by Crippen LogP contribution is 2.05. The average molecular weight is 295 g/mol. The average Bonchev–Trinajstić information content (AvgIpc) is 2.99. The van der Waals surface area contributed by atoms with Crippen LogP contribution in [0.5, 0.6) is 0 Å². The molecule has 0 aliphatic carbocycles. The maximum absolute atomic E-state index is 12.0. The van der Waals surface area contributed by atoms with Gasteiger partial charge < -0.3 is 5.32 Å². The number of aryl methyl sites for hydroxylation is 2. The van der Waals surface area contributed by atoms with Crippen LogP contribution < -0.4 is 5.32 Å². The largest absolute Gasteiger partial charge is 0.352 e. The van der Waals surface area contributed by atoms with Crippen molar-refractivity contribution >= 4 is 11.7 Å². The summed E-state index contributed by atoms with van der Waals surface area (Å²) in [6.07, 6.45) is 6.87. The third-order valence-corrected chi connectivity index (χ3v) is 3.40. The zero-order valence-electron chi connectivity index (χ0n) is 12.4. The topological polar surface area (TPSA) is 72.2 Å². The van der Waals surface area contributed by atoms with Gasteiger partial charge >= 0.3 is 0 Å². The number of nitrogens with zero attached hydrogens (tertiary/aromatic N) is 4. The van der Waals surface area contributed by atoms with Crippen LogP contribution >= 0.6 is 0 Å². The molecule has 0 aliphatic heterocycles. The second-order valence-electron chi connectivity index (χ2n) is 5.20. The molecule has 22 heavy (non-hydrogen) atoms. The molecule has 0 saturated carbocycles. The Morgan fingerprint density at radius 3 is 3.09 bits per heavy atom. The second-order valence-corrected chi connectivity index (χ2v) is 5.20.